The van der Waals surface area contributed by atoms with Crippen LogP contribution in [0.15, 0.2) is 53.2 Å². The van der Waals surface area contributed by atoms with E-state index in [2.05, 4.69) is 4.99 Å². The van der Waals surface area contributed by atoms with Crippen LogP contribution in [0, 0.1) is 29.9 Å². The number of carbonyl (C=O) groups excluding carboxylic acids is 1. The number of likely N-dealkylation sites (N-methyl/N-ethyl adjacent to an activating group) is 1. The van der Waals surface area contributed by atoms with Gasteiger partial charge in [0.2, 0.25) is 0 Å². The fourth-order valence-electron chi connectivity index (χ4n) is 2.51. The van der Waals surface area contributed by atoms with Crippen molar-refractivity contribution in [2.45, 2.75) is 6.92 Å². The molecule has 0 aromatic heterocycles. The minimum atomic E-state index is -0.675. The maximum atomic E-state index is 13.7. The van der Waals surface area contributed by atoms with Gasteiger partial charge in [-0.1, -0.05) is 18.2 Å². The normalized spacial score (nSPS) is 15.5. The molecule has 0 saturated carbocycles. The standard InChI is InChI=1S/C21H15F2N3O/c1-13-17(22)9-16(10-18(13)23)11-19-21(27)26(2)20(25-19)8-7-14-3-5-15(12-24)6-4-14/h3-11H,1-2H3/b8-7+,19-11-. The molecule has 6 heteroatoms. The Bertz CT molecular complexity index is 1020. The Hall–Kier alpha value is -3.59. The third-order valence-electron chi connectivity index (χ3n) is 4.17. The summed E-state index contributed by atoms with van der Waals surface area (Å²) in [5.74, 6) is -1.31. The number of rotatable bonds is 3. The van der Waals surface area contributed by atoms with E-state index in [9.17, 15) is 13.6 Å². The number of benzene rings is 2. The van der Waals surface area contributed by atoms with Crippen molar-refractivity contribution in [2.75, 3.05) is 7.05 Å². The van der Waals surface area contributed by atoms with Crippen LogP contribution in [0.4, 0.5) is 8.78 Å². The molecule has 0 atom stereocenters. The summed E-state index contributed by atoms with van der Waals surface area (Å²) in [6, 6.07) is 11.3. The van der Waals surface area contributed by atoms with E-state index in [1.807, 2.05) is 6.07 Å². The molecule has 1 aliphatic rings. The van der Waals surface area contributed by atoms with Crippen molar-refractivity contribution in [3.63, 3.8) is 0 Å². The largest absolute Gasteiger partial charge is 0.294 e. The van der Waals surface area contributed by atoms with Crippen molar-refractivity contribution in [1.29, 1.82) is 5.26 Å². The smallest absolute Gasteiger partial charge is 0.277 e. The molecular weight excluding hydrogens is 348 g/mol. The van der Waals surface area contributed by atoms with Gasteiger partial charge in [-0.3, -0.25) is 9.69 Å². The van der Waals surface area contributed by atoms with Crippen LogP contribution in [0.2, 0.25) is 0 Å². The number of hydrogen-bond donors (Lipinski definition) is 0. The number of carbonyl (C=O) groups is 1. The molecule has 0 spiro atoms. The van der Waals surface area contributed by atoms with Crippen LogP contribution >= 0.6 is 0 Å². The zero-order valence-electron chi connectivity index (χ0n) is 14.7. The van der Waals surface area contributed by atoms with Crippen molar-refractivity contribution in [3.05, 3.63) is 82.1 Å². The highest BCUT2D eigenvalue weighted by molar-refractivity contribution is 6.18. The lowest BCUT2D eigenvalue weighted by atomic mass is 10.1. The molecule has 0 unspecified atom stereocenters. The highest BCUT2D eigenvalue weighted by Crippen LogP contribution is 2.21. The number of amides is 1. The van der Waals surface area contributed by atoms with Gasteiger partial charge < -0.3 is 0 Å². The minimum Gasteiger partial charge on any atom is -0.294 e. The van der Waals surface area contributed by atoms with Crippen LogP contribution < -0.4 is 0 Å². The zero-order valence-corrected chi connectivity index (χ0v) is 14.7. The van der Waals surface area contributed by atoms with Gasteiger partial charge in [0, 0.05) is 12.6 Å². The lowest BCUT2D eigenvalue weighted by Gasteiger charge is -2.07. The molecule has 0 aliphatic carbocycles. The number of aliphatic imine (C=N–C) groups is 1. The summed E-state index contributed by atoms with van der Waals surface area (Å²) in [5.41, 5.74) is 1.66. The quantitative estimate of drug-likeness (QED) is 0.772. The average Bonchev–Trinajstić information content (AvgIpc) is 2.92. The molecule has 1 heterocycles. The second-order valence-corrected chi connectivity index (χ2v) is 6.04. The monoisotopic (exact) mass is 363 g/mol. The number of nitrogens with zero attached hydrogens (tertiary/aromatic N) is 3. The summed E-state index contributed by atoms with van der Waals surface area (Å²) in [5, 5.41) is 8.81. The first kappa shape index (κ1) is 18.2. The van der Waals surface area contributed by atoms with E-state index < -0.39 is 11.6 Å². The highest BCUT2D eigenvalue weighted by atomic mass is 19.1. The van der Waals surface area contributed by atoms with E-state index in [0.29, 0.717) is 11.4 Å². The van der Waals surface area contributed by atoms with Gasteiger partial charge in [0.1, 0.15) is 23.2 Å². The van der Waals surface area contributed by atoms with Crippen LogP contribution in [0.25, 0.3) is 12.2 Å². The van der Waals surface area contributed by atoms with Gasteiger partial charge in [0.15, 0.2) is 0 Å². The molecule has 1 amide bonds. The first-order chi connectivity index (χ1) is 12.9. The minimum absolute atomic E-state index is 0.0680. The van der Waals surface area contributed by atoms with E-state index >= 15 is 0 Å². The molecule has 134 valence electrons. The molecule has 0 fully saturated rings. The van der Waals surface area contributed by atoms with Crippen molar-refractivity contribution in [3.8, 4) is 6.07 Å². The molecule has 2 aromatic rings. The summed E-state index contributed by atoms with van der Waals surface area (Å²) >= 11 is 0. The molecule has 0 N–H and O–H groups in total. The number of amidine groups is 1. The van der Waals surface area contributed by atoms with Gasteiger partial charge in [-0.25, -0.2) is 13.8 Å². The van der Waals surface area contributed by atoms with Crippen LogP contribution in [0.3, 0.4) is 0 Å². The molecule has 1 aliphatic heterocycles. The molecule has 27 heavy (non-hydrogen) atoms. The predicted molar refractivity (Wildman–Crippen MR) is 99.5 cm³/mol. The molecule has 0 radical (unpaired) electrons. The van der Waals surface area contributed by atoms with Gasteiger partial charge in [-0.2, -0.15) is 5.26 Å². The predicted octanol–water partition coefficient (Wildman–Crippen LogP) is 4.07. The number of nitriles is 1. The summed E-state index contributed by atoms with van der Waals surface area (Å²) in [4.78, 5) is 17.9. The molecule has 0 saturated heterocycles. The molecular formula is C21H15F2N3O. The van der Waals surface area contributed by atoms with E-state index in [-0.39, 0.29) is 22.7 Å². The zero-order chi connectivity index (χ0) is 19.6. The van der Waals surface area contributed by atoms with Gasteiger partial charge >= 0.3 is 0 Å². The van der Waals surface area contributed by atoms with Crippen molar-refractivity contribution in [2.24, 2.45) is 4.99 Å². The summed E-state index contributed by atoms with van der Waals surface area (Å²) < 4.78 is 27.4. The summed E-state index contributed by atoms with van der Waals surface area (Å²) in [6.07, 6.45) is 4.78. The maximum absolute atomic E-state index is 13.7. The molecule has 2 aromatic carbocycles. The molecule has 0 bridgehead atoms. The van der Waals surface area contributed by atoms with Crippen LogP contribution in [-0.2, 0) is 4.79 Å². The highest BCUT2D eigenvalue weighted by Gasteiger charge is 2.25. The fraction of sp³-hybridized carbons (Fsp3) is 0.0952. The lowest BCUT2D eigenvalue weighted by Crippen LogP contribution is -2.26. The Morgan fingerprint density at radius 2 is 1.70 bits per heavy atom. The van der Waals surface area contributed by atoms with Gasteiger partial charge in [-0.05, 0) is 54.5 Å². The topological polar surface area (TPSA) is 56.5 Å². The third kappa shape index (κ3) is 3.82. The second kappa shape index (κ2) is 7.34. The van der Waals surface area contributed by atoms with Crippen molar-refractivity contribution >= 4 is 23.9 Å². The molecule has 3 rings (SSSR count). The summed E-state index contributed by atoms with van der Waals surface area (Å²) in [7, 11) is 1.57. The van der Waals surface area contributed by atoms with Crippen LogP contribution in [0.1, 0.15) is 22.3 Å². The maximum Gasteiger partial charge on any atom is 0.277 e. The Balaban J connectivity index is 1.88. The second-order valence-electron chi connectivity index (χ2n) is 6.04. The Morgan fingerprint density at radius 3 is 2.30 bits per heavy atom. The molecule has 4 nitrogen and oxygen atoms in total. The fourth-order valence-corrected chi connectivity index (χ4v) is 2.51. The lowest BCUT2D eigenvalue weighted by molar-refractivity contribution is -0.121. The average molecular weight is 363 g/mol. The van der Waals surface area contributed by atoms with E-state index in [1.165, 1.54) is 30.0 Å². The van der Waals surface area contributed by atoms with E-state index in [0.717, 1.165) is 5.56 Å². The number of hydrogen-bond acceptors (Lipinski definition) is 3. The number of halogens is 2. The first-order valence-electron chi connectivity index (χ1n) is 8.11. The Labute approximate surface area is 155 Å². The Morgan fingerprint density at radius 1 is 1.07 bits per heavy atom. The first-order valence-corrected chi connectivity index (χ1v) is 8.11. The van der Waals surface area contributed by atoms with Gasteiger partial charge in [0.25, 0.3) is 5.91 Å². The van der Waals surface area contributed by atoms with E-state index in [1.54, 1.807) is 43.5 Å². The van der Waals surface area contributed by atoms with E-state index in [4.69, 9.17) is 5.26 Å². The van der Waals surface area contributed by atoms with Crippen LogP contribution in [-0.4, -0.2) is 23.7 Å². The summed E-state index contributed by atoms with van der Waals surface area (Å²) in [6.45, 7) is 1.35. The third-order valence-corrected chi connectivity index (χ3v) is 4.17. The van der Waals surface area contributed by atoms with Gasteiger partial charge in [0.05, 0.1) is 11.6 Å². The van der Waals surface area contributed by atoms with Gasteiger partial charge in [-0.15, -0.1) is 0 Å². The Kier molecular flexibility index (Phi) is 4.95. The van der Waals surface area contributed by atoms with Crippen LogP contribution in [0.5, 0.6) is 0 Å². The van der Waals surface area contributed by atoms with Crippen molar-refractivity contribution < 1.29 is 13.6 Å². The SMILES string of the molecule is Cc1c(F)cc(/C=C2N=C(/C=C/c3ccc(C#N)cc3)N(C)C\2=O)cc1F. The van der Waals surface area contributed by atoms with Crippen molar-refractivity contribution in [1.82, 2.24) is 4.90 Å².